The quantitative estimate of drug-likeness (QED) is 0.829. The molecule has 1 aromatic carbocycles. The van der Waals surface area contributed by atoms with Gasteiger partial charge in [0, 0.05) is 0 Å². The largest absolute Gasteiger partial charge is 0.573 e. The van der Waals surface area contributed by atoms with Crippen molar-refractivity contribution < 1.29 is 32.5 Å². The van der Waals surface area contributed by atoms with E-state index in [1.807, 2.05) is 0 Å². The summed E-state index contributed by atoms with van der Waals surface area (Å²) in [6, 6.07) is 5.06. The first-order valence-electron chi connectivity index (χ1n) is 4.68. The van der Waals surface area contributed by atoms with E-state index in [1.165, 1.54) is 18.2 Å². The normalized spacial score (nSPS) is 10.8. The Morgan fingerprint density at radius 2 is 1.83 bits per heavy atom. The number of carboxylic acids is 1. The number of carboxylic acid groups (broad SMARTS) is 1. The number of ether oxygens (including phenoxy) is 2. The molecule has 0 aromatic heterocycles. The summed E-state index contributed by atoms with van der Waals surface area (Å²) in [6.45, 7) is 2.75. The number of halogens is 3. The van der Waals surface area contributed by atoms with Gasteiger partial charge in [0.05, 0.1) is 5.57 Å². The van der Waals surface area contributed by atoms with Crippen molar-refractivity contribution in [1.82, 2.24) is 0 Å². The van der Waals surface area contributed by atoms with Crippen LogP contribution in [0.2, 0.25) is 0 Å². The Hall–Kier alpha value is -2.18. The lowest BCUT2D eigenvalue weighted by Crippen LogP contribution is -2.18. The minimum atomic E-state index is -4.84. The van der Waals surface area contributed by atoms with Gasteiger partial charge >= 0.3 is 12.3 Å². The Morgan fingerprint density at radius 1 is 1.28 bits per heavy atom. The van der Waals surface area contributed by atoms with E-state index in [1.54, 1.807) is 0 Å². The zero-order chi connectivity index (χ0) is 13.8. The SMILES string of the molecule is C=C(COc1ccccc1OC(F)(F)F)C(=O)O. The first-order chi connectivity index (χ1) is 8.29. The predicted octanol–water partition coefficient (Wildman–Crippen LogP) is 2.60. The summed E-state index contributed by atoms with van der Waals surface area (Å²) in [5.41, 5.74) is -0.281. The molecule has 1 rings (SSSR count). The van der Waals surface area contributed by atoms with Crippen molar-refractivity contribution in [3.63, 3.8) is 0 Å². The molecular formula is C11H9F3O4. The maximum absolute atomic E-state index is 12.1. The highest BCUT2D eigenvalue weighted by Gasteiger charge is 2.32. The van der Waals surface area contributed by atoms with E-state index in [-0.39, 0.29) is 11.3 Å². The number of hydrogen-bond donors (Lipinski definition) is 1. The van der Waals surface area contributed by atoms with Gasteiger partial charge in [-0.2, -0.15) is 0 Å². The van der Waals surface area contributed by atoms with Crippen molar-refractivity contribution in [2.75, 3.05) is 6.61 Å². The molecule has 0 radical (unpaired) electrons. The van der Waals surface area contributed by atoms with E-state index in [2.05, 4.69) is 11.3 Å². The maximum Gasteiger partial charge on any atom is 0.573 e. The molecule has 0 aliphatic heterocycles. The Bertz CT molecular complexity index is 454. The van der Waals surface area contributed by atoms with Crippen LogP contribution in [0.4, 0.5) is 13.2 Å². The van der Waals surface area contributed by atoms with Crippen molar-refractivity contribution in [1.29, 1.82) is 0 Å². The molecule has 0 atom stereocenters. The Balaban J connectivity index is 2.77. The molecule has 0 heterocycles. The second-order valence-corrected chi connectivity index (χ2v) is 3.19. The molecule has 0 spiro atoms. The summed E-state index contributed by atoms with van der Waals surface area (Å²) in [4.78, 5) is 10.4. The molecule has 0 aliphatic carbocycles. The maximum atomic E-state index is 12.1. The van der Waals surface area contributed by atoms with E-state index >= 15 is 0 Å². The van der Waals surface area contributed by atoms with Gasteiger partial charge < -0.3 is 14.6 Å². The van der Waals surface area contributed by atoms with Crippen LogP contribution in [-0.2, 0) is 4.79 Å². The third kappa shape index (κ3) is 4.36. The topological polar surface area (TPSA) is 55.8 Å². The van der Waals surface area contributed by atoms with Gasteiger partial charge in [-0.25, -0.2) is 4.79 Å². The van der Waals surface area contributed by atoms with Gasteiger partial charge in [0.25, 0.3) is 0 Å². The fourth-order valence-corrected chi connectivity index (χ4v) is 1.01. The standard InChI is InChI=1S/C11H9F3O4/c1-7(10(15)16)6-17-8-4-2-3-5-9(8)18-11(12,13)14/h2-5H,1,6H2,(H,15,16). The molecule has 1 N–H and O–H groups in total. The van der Waals surface area contributed by atoms with Crippen LogP contribution in [0.25, 0.3) is 0 Å². The fourth-order valence-electron chi connectivity index (χ4n) is 1.01. The average molecular weight is 262 g/mol. The second kappa shape index (κ2) is 5.44. The Kier molecular flexibility index (Phi) is 4.19. The molecule has 7 heteroatoms. The highest BCUT2D eigenvalue weighted by molar-refractivity contribution is 5.86. The van der Waals surface area contributed by atoms with E-state index in [0.717, 1.165) is 6.07 Å². The van der Waals surface area contributed by atoms with Crippen LogP contribution in [-0.4, -0.2) is 24.0 Å². The lowest BCUT2D eigenvalue weighted by atomic mass is 10.3. The van der Waals surface area contributed by atoms with Crippen LogP contribution < -0.4 is 9.47 Å². The summed E-state index contributed by atoms with van der Waals surface area (Å²) in [5, 5.41) is 8.52. The molecule has 0 fully saturated rings. The van der Waals surface area contributed by atoms with Crippen molar-refractivity contribution in [2.45, 2.75) is 6.36 Å². The van der Waals surface area contributed by atoms with Crippen LogP contribution in [0.15, 0.2) is 36.4 Å². The zero-order valence-corrected chi connectivity index (χ0v) is 9.03. The molecule has 4 nitrogen and oxygen atoms in total. The minimum Gasteiger partial charge on any atom is -0.485 e. The summed E-state index contributed by atoms with van der Waals surface area (Å²) in [7, 11) is 0. The summed E-state index contributed by atoms with van der Waals surface area (Å²) >= 11 is 0. The lowest BCUT2D eigenvalue weighted by molar-refractivity contribution is -0.275. The number of para-hydroxylation sites is 2. The predicted molar refractivity (Wildman–Crippen MR) is 55.4 cm³/mol. The van der Waals surface area contributed by atoms with Crippen molar-refractivity contribution in [3.8, 4) is 11.5 Å². The van der Waals surface area contributed by atoms with Crippen molar-refractivity contribution in [2.24, 2.45) is 0 Å². The molecule has 1 aromatic rings. The van der Waals surface area contributed by atoms with Gasteiger partial charge in [-0.3, -0.25) is 0 Å². The number of aliphatic carboxylic acids is 1. The van der Waals surface area contributed by atoms with E-state index in [4.69, 9.17) is 9.84 Å². The van der Waals surface area contributed by atoms with Crippen LogP contribution in [0.3, 0.4) is 0 Å². The van der Waals surface area contributed by atoms with Crippen LogP contribution in [0.5, 0.6) is 11.5 Å². The third-order valence-corrected chi connectivity index (χ3v) is 1.78. The van der Waals surface area contributed by atoms with Gasteiger partial charge in [0.2, 0.25) is 0 Å². The molecule has 18 heavy (non-hydrogen) atoms. The average Bonchev–Trinajstić information content (AvgIpc) is 2.25. The third-order valence-electron chi connectivity index (χ3n) is 1.78. The van der Waals surface area contributed by atoms with Crippen LogP contribution in [0, 0.1) is 0 Å². The molecule has 0 aliphatic rings. The highest BCUT2D eigenvalue weighted by atomic mass is 19.4. The summed E-state index contributed by atoms with van der Waals surface area (Å²) in [6.07, 6.45) is -4.84. The van der Waals surface area contributed by atoms with Crippen molar-refractivity contribution >= 4 is 5.97 Å². The van der Waals surface area contributed by atoms with Gasteiger partial charge in [0.1, 0.15) is 6.61 Å². The second-order valence-electron chi connectivity index (χ2n) is 3.19. The Labute approximate surface area is 100 Å². The molecule has 0 saturated carbocycles. The number of benzene rings is 1. The van der Waals surface area contributed by atoms with Gasteiger partial charge in [0.15, 0.2) is 11.5 Å². The monoisotopic (exact) mass is 262 g/mol. The number of alkyl halides is 3. The highest BCUT2D eigenvalue weighted by Crippen LogP contribution is 2.31. The number of carbonyl (C=O) groups is 1. The molecule has 0 amide bonds. The molecule has 0 saturated heterocycles. The fraction of sp³-hybridized carbons (Fsp3) is 0.182. The molecular weight excluding hydrogens is 253 g/mol. The molecule has 98 valence electrons. The van der Waals surface area contributed by atoms with Crippen LogP contribution >= 0.6 is 0 Å². The van der Waals surface area contributed by atoms with E-state index in [0.29, 0.717) is 0 Å². The molecule has 0 unspecified atom stereocenters. The lowest BCUT2D eigenvalue weighted by Gasteiger charge is -2.13. The number of rotatable bonds is 5. The van der Waals surface area contributed by atoms with Crippen LogP contribution in [0.1, 0.15) is 0 Å². The van der Waals surface area contributed by atoms with Gasteiger partial charge in [-0.05, 0) is 12.1 Å². The first-order valence-corrected chi connectivity index (χ1v) is 4.68. The van der Waals surface area contributed by atoms with Gasteiger partial charge in [-0.1, -0.05) is 18.7 Å². The summed E-state index contributed by atoms with van der Waals surface area (Å²) in [5.74, 6) is -2.04. The van der Waals surface area contributed by atoms with E-state index in [9.17, 15) is 18.0 Å². The zero-order valence-electron chi connectivity index (χ0n) is 9.03. The minimum absolute atomic E-state index is 0.211. The number of hydrogen-bond acceptors (Lipinski definition) is 3. The smallest absolute Gasteiger partial charge is 0.485 e. The molecule has 0 bridgehead atoms. The Morgan fingerprint density at radius 3 is 2.33 bits per heavy atom. The first kappa shape index (κ1) is 13.9. The summed E-state index contributed by atoms with van der Waals surface area (Å²) < 4.78 is 44.8. The van der Waals surface area contributed by atoms with E-state index < -0.39 is 24.7 Å². The van der Waals surface area contributed by atoms with Crippen molar-refractivity contribution in [3.05, 3.63) is 36.4 Å². The van der Waals surface area contributed by atoms with Gasteiger partial charge in [-0.15, -0.1) is 13.2 Å².